The lowest BCUT2D eigenvalue weighted by atomic mass is 10.2. The van der Waals surface area contributed by atoms with Crippen LogP contribution in [0.1, 0.15) is 41.4 Å². The first-order valence-corrected chi connectivity index (χ1v) is 8.13. The molecular formula is C16H18N2O2S. The zero-order valence-corrected chi connectivity index (χ0v) is 12.8. The topological polar surface area (TPSA) is 53.4 Å². The summed E-state index contributed by atoms with van der Waals surface area (Å²) >= 11 is 1.68. The minimum Gasteiger partial charge on any atom is -0.478 e. The monoisotopic (exact) mass is 302 g/mol. The van der Waals surface area contributed by atoms with Crippen LogP contribution >= 0.6 is 11.3 Å². The van der Waals surface area contributed by atoms with Gasteiger partial charge in [0.2, 0.25) is 0 Å². The first-order valence-electron chi connectivity index (χ1n) is 7.19. The zero-order valence-electron chi connectivity index (χ0n) is 12.0. The van der Waals surface area contributed by atoms with Crippen LogP contribution in [0.25, 0.3) is 0 Å². The van der Waals surface area contributed by atoms with Gasteiger partial charge in [0, 0.05) is 18.3 Å². The second-order valence-electron chi connectivity index (χ2n) is 5.35. The highest BCUT2D eigenvalue weighted by molar-refractivity contribution is 7.07. The number of carboxylic acid groups (broad SMARTS) is 1. The Labute approximate surface area is 128 Å². The molecule has 1 N–H and O–H groups in total. The standard InChI is InChI=1S/C16H18N2O2S/c1-2-13-7-12(16(19)20)8-15(17-13)18(14-3-4-14)9-11-5-6-21-10-11/h5-8,10,14H,2-4,9H2,1H3,(H,19,20). The molecule has 2 aromatic rings. The van der Waals surface area contributed by atoms with E-state index in [1.54, 1.807) is 23.5 Å². The molecule has 0 amide bonds. The van der Waals surface area contributed by atoms with Crippen molar-refractivity contribution in [1.29, 1.82) is 0 Å². The fraction of sp³-hybridized carbons (Fsp3) is 0.375. The molecule has 0 atom stereocenters. The maximum atomic E-state index is 11.3. The van der Waals surface area contributed by atoms with Gasteiger partial charge in [0.25, 0.3) is 0 Å². The minimum absolute atomic E-state index is 0.327. The Morgan fingerprint density at radius 1 is 1.48 bits per heavy atom. The third-order valence-electron chi connectivity index (χ3n) is 3.69. The molecular weight excluding hydrogens is 284 g/mol. The minimum atomic E-state index is -0.889. The van der Waals surface area contributed by atoms with E-state index in [1.807, 2.05) is 6.92 Å². The van der Waals surface area contributed by atoms with E-state index in [9.17, 15) is 9.90 Å². The van der Waals surface area contributed by atoms with Crippen molar-refractivity contribution in [3.05, 3.63) is 45.8 Å². The summed E-state index contributed by atoms with van der Waals surface area (Å²) in [5, 5.41) is 13.5. The molecule has 0 bridgehead atoms. The number of rotatable bonds is 6. The van der Waals surface area contributed by atoms with Gasteiger partial charge in [-0.2, -0.15) is 11.3 Å². The number of aryl methyl sites for hydroxylation is 1. The van der Waals surface area contributed by atoms with Crippen LogP contribution in [0.15, 0.2) is 29.0 Å². The number of hydrogen-bond acceptors (Lipinski definition) is 4. The number of anilines is 1. The normalized spacial score (nSPS) is 14.1. The van der Waals surface area contributed by atoms with Gasteiger partial charge in [-0.1, -0.05) is 6.92 Å². The molecule has 1 saturated carbocycles. The molecule has 3 rings (SSSR count). The van der Waals surface area contributed by atoms with Gasteiger partial charge >= 0.3 is 5.97 Å². The van der Waals surface area contributed by atoms with Crippen LogP contribution in [0.4, 0.5) is 5.82 Å². The van der Waals surface area contributed by atoms with E-state index in [0.29, 0.717) is 11.6 Å². The van der Waals surface area contributed by atoms with Crippen molar-refractivity contribution in [3.8, 4) is 0 Å². The molecule has 0 unspecified atom stereocenters. The van der Waals surface area contributed by atoms with E-state index in [0.717, 1.165) is 37.3 Å². The fourth-order valence-electron chi connectivity index (χ4n) is 2.39. The van der Waals surface area contributed by atoms with Crippen LogP contribution in [0, 0.1) is 0 Å². The summed E-state index contributed by atoms with van der Waals surface area (Å²) in [6.45, 7) is 2.80. The van der Waals surface area contributed by atoms with Gasteiger partial charge in [-0.3, -0.25) is 0 Å². The Kier molecular flexibility index (Phi) is 3.92. The summed E-state index contributed by atoms with van der Waals surface area (Å²) in [5.41, 5.74) is 2.42. The van der Waals surface area contributed by atoms with E-state index >= 15 is 0 Å². The predicted molar refractivity (Wildman–Crippen MR) is 84.1 cm³/mol. The molecule has 1 aliphatic rings. The molecule has 1 aliphatic carbocycles. The molecule has 21 heavy (non-hydrogen) atoms. The maximum absolute atomic E-state index is 11.3. The zero-order chi connectivity index (χ0) is 14.8. The van der Waals surface area contributed by atoms with E-state index < -0.39 is 5.97 Å². The largest absolute Gasteiger partial charge is 0.478 e. The van der Waals surface area contributed by atoms with Crippen LogP contribution in [-0.2, 0) is 13.0 Å². The number of aromatic carboxylic acids is 1. The lowest BCUT2D eigenvalue weighted by Crippen LogP contribution is -2.26. The Balaban J connectivity index is 1.94. The number of thiophene rings is 1. The van der Waals surface area contributed by atoms with Crippen molar-refractivity contribution in [1.82, 2.24) is 4.98 Å². The van der Waals surface area contributed by atoms with Crippen LogP contribution in [0.3, 0.4) is 0 Å². The molecule has 2 aromatic heterocycles. The highest BCUT2D eigenvalue weighted by Gasteiger charge is 2.30. The van der Waals surface area contributed by atoms with Crippen LogP contribution < -0.4 is 4.90 Å². The first kappa shape index (κ1) is 14.1. The average Bonchev–Trinajstić information content (AvgIpc) is 3.20. The molecule has 0 spiro atoms. The van der Waals surface area contributed by atoms with Gasteiger partial charge in [0.1, 0.15) is 5.82 Å². The lowest BCUT2D eigenvalue weighted by Gasteiger charge is -2.24. The highest BCUT2D eigenvalue weighted by atomic mass is 32.1. The Hall–Kier alpha value is -1.88. The molecule has 0 radical (unpaired) electrons. The van der Waals surface area contributed by atoms with E-state index in [-0.39, 0.29) is 0 Å². The van der Waals surface area contributed by atoms with Crippen LogP contribution in [0.5, 0.6) is 0 Å². The quantitative estimate of drug-likeness (QED) is 0.886. The summed E-state index contributed by atoms with van der Waals surface area (Å²) in [6, 6.07) is 5.97. The Morgan fingerprint density at radius 3 is 2.86 bits per heavy atom. The number of nitrogens with zero attached hydrogens (tertiary/aromatic N) is 2. The number of aromatic nitrogens is 1. The number of carboxylic acids is 1. The molecule has 0 aromatic carbocycles. The summed E-state index contributed by atoms with van der Waals surface area (Å²) in [5.74, 6) is -0.0971. The molecule has 4 nitrogen and oxygen atoms in total. The van der Waals surface area contributed by atoms with Crippen LogP contribution in [0.2, 0.25) is 0 Å². The van der Waals surface area contributed by atoms with Gasteiger partial charge in [-0.05, 0) is 53.8 Å². The highest BCUT2D eigenvalue weighted by Crippen LogP contribution is 2.33. The van der Waals surface area contributed by atoms with E-state index in [2.05, 4.69) is 26.7 Å². The predicted octanol–water partition coefficient (Wildman–Crippen LogP) is 3.57. The average molecular weight is 302 g/mol. The van der Waals surface area contributed by atoms with Gasteiger partial charge in [-0.15, -0.1) is 0 Å². The molecule has 110 valence electrons. The van der Waals surface area contributed by atoms with Gasteiger partial charge in [-0.25, -0.2) is 9.78 Å². The van der Waals surface area contributed by atoms with Gasteiger partial charge in [0.05, 0.1) is 5.56 Å². The summed E-state index contributed by atoms with van der Waals surface area (Å²) < 4.78 is 0. The SMILES string of the molecule is CCc1cc(C(=O)O)cc(N(Cc2ccsc2)C2CC2)n1. The molecule has 2 heterocycles. The summed E-state index contributed by atoms with van der Waals surface area (Å²) in [6.07, 6.45) is 3.06. The van der Waals surface area contributed by atoms with Crippen LogP contribution in [-0.4, -0.2) is 22.1 Å². The van der Waals surface area contributed by atoms with E-state index in [4.69, 9.17) is 0 Å². The molecule has 0 aliphatic heterocycles. The second kappa shape index (κ2) is 5.85. The van der Waals surface area contributed by atoms with Crippen molar-refractivity contribution < 1.29 is 9.90 Å². The molecule has 1 fully saturated rings. The fourth-order valence-corrected chi connectivity index (χ4v) is 3.05. The first-order chi connectivity index (χ1) is 10.2. The van der Waals surface area contributed by atoms with Gasteiger partial charge < -0.3 is 10.0 Å². The van der Waals surface area contributed by atoms with Crippen molar-refractivity contribution in [2.45, 2.75) is 38.8 Å². The summed E-state index contributed by atoms with van der Waals surface area (Å²) in [7, 11) is 0. The number of hydrogen-bond donors (Lipinski definition) is 1. The summed E-state index contributed by atoms with van der Waals surface area (Å²) in [4.78, 5) is 18.2. The van der Waals surface area contributed by atoms with Crippen molar-refractivity contribution >= 4 is 23.1 Å². The third-order valence-corrected chi connectivity index (χ3v) is 4.42. The number of carbonyl (C=O) groups is 1. The number of pyridine rings is 1. The van der Waals surface area contributed by atoms with Gasteiger partial charge in [0.15, 0.2) is 0 Å². The Bertz CT molecular complexity index is 636. The van der Waals surface area contributed by atoms with Crippen molar-refractivity contribution in [3.63, 3.8) is 0 Å². The van der Waals surface area contributed by atoms with E-state index in [1.165, 1.54) is 5.56 Å². The smallest absolute Gasteiger partial charge is 0.335 e. The Morgan fingerprint density at radius 2 is 2.29 bits per heavy atom. The molecule has 5 heteroatoms. The second-order valence-corrected chi connectivity index (χ2v) is 6.13. The van der Waals surface area contributed by atoms with Crippen molar-refractivity contribution in [2.24, 2.45) is 0 Å². The molecule has 0 saturated heterocycles. The third kappa shape index (κ3) is 3.24. The van der Waals surface area contributed by atoms with Crippen molar-refractivity contribution in [2.75, 3.05) is 4.90 Å². The lowest BCUT2D eigenvalue weighted by molar-refractivity contribution is 0.0696. The maximum Gasteiger partial charge on any atom is 0.335 e.